The third-order valence-corrected chi connectivity index (χ3v) is 1.84. The van der Waals surface area contributed by atoms with Crippen LogP contribution in [0.4, 0.5) is 0 Å². The molecule has 0 aromatic heterocycles. The molecule has 1 saturated heterocycles. The van der Waals surface area contributed by atoms with Crippen molar-refractivity contribution in [1.82, 2.24) is 0 Å². The molecule has 80 valence electrons. The lowest BCUT2D eigenvalue weighted by molar-refractivity contribution is -0.137. The zero-order valence-electron chi connectivity index (χ0n) is 8.62. The molecule has 1 aliphatic heterocycles. The Morgan fingerprint density at radius 2 is 2.36 bits per heavy atom. The summed E-state index contributed by atoms with van der Waals surface area (Å²) in [5.41, 5.74) is 0.932. The van der Waals surface area contributed by atoms with Gasteiger partial charge in [0.2, 0.25) is 0 Å². The minimum absolute atomic E-state index is 0.194. The maximum absolute atomic E-state index is 11.1. The van der Waals surface area contributed by atoms with Crippen molar-refractivity contribution in [2.75, 3.05) is 19.8 Å². The van der Waals surface area contributed by atoms with Crippen LogP contribution in [-0.4, -0.2) is 32.1 Å². The Hall–Kier alpha value is -0.870. The molecule has 1 heterocycles. The van der Waals surface area contributed by atoms with E-state index in [1.807, 2.05) is 6.92 Å². The first-order valence-electron chi connectivity index (χ1n) is 4.85. The normalized spacial score (nSPS) is 24.1. The second-order valence-electron chi connectivity index (χ2n) is 2.95. The van der Waals surface area contributed by atoms with Gasteiger partial charge in [0.25, 0.3) is 0 Å². The van der Waals surface area contributed by atoms with E-state index in [9.17, 15) is 4.79 Å². The summed E-state index contributed by atoms with van der Waals surface area (Å²) in [6.07, 6.45) is 1.95. The zero-order valence-corrected chi connectivity index (χ0v) is 8.62. The molecule has 1 fully saturated rings. The predicted octanol–water partition coefficient (Wildman–Crippen LogP) is 1.26. The molecule has 1 unspecified atom stereocenters. The molecule has 0 radical (unpaired) electrons. The van der Waals surface area contributed by atoms with Gasteiger partial charge in [0.05, 0.1) is 13.2 Å². The monoisotopic (exact) mass is 200 g/mol. The largest absolute Gasteiger partial charge is 0.463 e. The molecule has 0 aromatic rings. The summed E-state index contributed by atoms with van der Waals surface area (Å²) < 4.78 is 15.3. The first-order chi connectivity index (χ1) is 6.76. The molecular weight excluding hydrogens is 184 g/mol. The van der Waals surface area contributed by atoms with E-state index in [1.165, 1.54) is 6.08 Å². The van der Waals surface area contributed by atoms with Gasteiger partial charge in [-0.1, -0.05) is 0 Å². The van der Waals surface area contributed by atoms with E-state index in [1.54, 1.807) is 6.92 Å². The van der Waals surface area contributed by atoms with Gasteiger partial charge in [-0.05, 0) is 19.4 Å². The lowest BCUT2D eigenvalue weighted by atomic mass is 10.2. The van der Waals surface area contributed by atoms with Crippen LogP contribution in [0.3, 0.4) is 0 Å². The predicted molar refractivity (Wildman–Crippen MR) is 50.7 cm³/mol. The highest BCUT2D eigenvalue weighted by Crippen LogP contribution is 2.19. The van der Waals surface area contributed by atoms with Gasteiger partial charge in [-0.15, -0.1) is 0 Å². The van der Waals surface area contributed by atoms with Crippen molar-refractivity contribution in [2.45, 2.75) is 26.6 Å². The van der Waals surface area contributed by atoms with Crippen LogP contribution in [0.1, 0.15) is 20.3 Å². The Bertz CT molecular complexity index is 222. The van der Waals surface area contributed by atoms with Crippen molar-refractivity contribution in [3.63, 3.8) is 0 Å². The first kappa shape index (κ1) is 11.2. The molecular formula is C10H16O4. The second-order valence-corrected chi connectivity index (χ2v) is 2.95. The molecule has 0 bridgehead atoms. The Balaban J connectivity index is 2.36. The van der Waals surface area contributed by atoms with Gasteiger partial charge in [0.1, 0.15) is 0 Å². The fourth-order valence-corrected chi connectivity index (χ4v) is 1.28. The number of carbonyl (C=O) groups excluding carboxylic acids is 1. The van der Waals surface area contributed by atoms with E-state index in [-0.39, 0.29) is 12.3 Å². The van der Waals surface area contributed by atoms with Crippen molar-refractivity contribution in [2.24, 2.45) is 0 Å². The average Bonchev–Trinajstić information content (AvgIpc) is 2.53. The fourth-order valence-electron chi connectivity index (χ4n) is 1.28. The molecule has 0 saturated carbocycles. The topological polar surface area (TPSA) is 44.8 Å². The van der Waals surface area contributed by atoms with E-state index in [4.69, 9.17) is 14.2 Å². The first-order valence-corrected chi connectivity index (χ1v) is 4.85. The van der Waals surface area contributed by atoms with Crippen LogP contribution in [-0.2, 0) is 19.0 Å². The molecule has 1 rings (SSSR count). The van der Waals surface area contributed by atoms with Crippen molar-refractivity contribution < 1.29 is 19.0 Å². The highest BCUT2D eigenvalue weighted by molar-refractivity contribution is 5.82. The summed E-state index contributed by atoms with van der Waals surface area (Å²) >= 11 is 0. The smallest absolute Gasteiger partial charge is 0.330 e. The summed E-state index contributed by atoms with van der Waals surface area (Å²) in [7, 11) is 0. The van der Waals surface area contributed by atoms with Crippen LogP contribution in [0, 0.1) is 0 Å². The summed E-state index contributed by atoms with van der Waals surface area (Å²) in [4.78, 5) is 11.1. The van der Waals surface area contributed by atoms with Crippen molar-refractivity contribution in [1.29, 1.82) is 0 Å². The molecule has 0 N–H and O–H groups in total. The van der Waals surface area contributed by atoms with Crippen LogP contribution in [0.2, 0.25) is 0 Å². The maximum Gasteiger partial charge on any atom is 0.330 e. The lowest BCUT2D eigenvalue weighted by Gasteiger charge is -2.06. The number of carbonyl (C=O) groups is 1. The van der Waals surface area contributed by atoms with Gasteiger partial charge in [0.15, 0.2) is 6.29 Å². The third kappa shape index (κ3) is 3.47. The van der Waals surface area contributed by atoms with E-state index in [0.29, 0.717) is 26.2 Å². The summed E-state index contributed by atoms with van der Waals surface area (Å²) in [5.74, 6) is -0.303. The minimum atomic E-state index is -0.303. The Morgan fingerprint density at radius 1 is 1.57 bits per heavy atom. The van der Waals surface area contributed by atoms with Crippen LogP contribution >= 0.6 is 0 Å². The average molecular weight is 200 g/mol. The quantitative estimate of drug-likeness (QED) is 0.506. The van der Waals surface area contributed by atoms with Crippen LogP contribution < -0.4 is 0 Å². The summed E-state index contributed by atoms with van der Waals surface area (Å²) in [6, 6.07) is 0. The Morgan fingerprint density at radius 3 is 3.00 bits per heavy atom. The van der Waals surface area contributed by atoms with Gasteiger partial charge in [-0.25, -0.2) is 4.79 Å². The van der Waals surface area contributed by atoms with Crippen LogP contribution in [0.25, 0.3) is 0 Å². The minimum Gasteiger partial charge on any atom is -0.463 e. The number of hydrogen-bond acceptors (Lipinski definition) is 4. The summed E-state index contributed by atoms with van der Waals surface area (Å²) in [5, 5.41) is 0. The van der Waals surface area contributed by atoms with E-state index < -0.39 is 0 Å². The van der Waals surface area contributed by atoms with E-state index in [2.05, 4.69) is 0 Å². The van der Waals surface area contributed by atoms with Gasteiger partial charge in [0, 0.05) is 19.1 Å². The van der Waals surface area contributed by atoms with Crippen molar-refractivity contribution >= 4 is 5.97 Å². The van der Waals surface area contributed by atoms with Gasteiger partial charge in [-0.3, -0.25) is 0 Å². The number of ether oxygens (including phenoxy) is 3. The summed E-state index contributed by atoms with van der Waals surface area (Å²) in [6.45, 7) is 5.18. The molecule has 0 amide bonds. The zero-order chi connectivity index (χ0) is 10.4. The molecule has 1 atom stereocenters. The van der Waals surface area contributed by atoms with E-state index >= 15 is 0 Å². The van der Waals surface area contributed by atoms with E-state index in [0.717, 1.165) is 5.57 Å². The SMILES string of the molecule is CCOC(=O)/C=C1/COC(OCC)C1. The van der Waals surface area contributed by atoms with Gasteiger partial charge in [-0.2, -0.15) is 0 Å². The molecule has 0 spiro atoms. The van der Waals surface area contributed by atoms with Gasteiger partial charge >= 0.3 is 5.97 Å². The second kappa shape index (κ2) is 5.78. The number of hydrogen-bond donors (Lipinski definition) is 0. The Kier molecular flexibility index (Phi) is 4.62. The molecule has 1 aliphatic rings. The third-order valence-electron chi connectivity index (χ3n) is 1.84. The highest BCUT2D eigenvalue weighted by atomic mass is 16.7. The van der Waals surface area contributed by atoms with Crippen molar-refractivity contribution in [3.8, 4) is 0 Å². The van der Waals surface area contributed by atoms with Crippen molar-refractivity contribution in [3.05, 3.63) is 11.6 Å². The standard InChI is InChI=1S/C10H16O4/c1-3-12-9(11)5-8-6-10(13-4-2)14-7-8/h5,10H,3-4,6-7H2,1-2H3/b8-5+. The Labute approximate surface area is 83.8 Å². The van der Waals surface area contributed by atoms with Gasteiger partial charge < -0.3 is 14.2 Å². The lowest BCUT2D eigenvalue weighted by Crippen LogP contribution is -2.09. The molecule has 4 heteroatoms. The molecule has 14 heavy (non-hydrogen) atoms. The molecule has 4 nitrogen and oxygen atoms in total. The molecule has 0 aromatic carbocycles. The maximum atomic E-state index is 11.1. The highest BCUT2D eigenvalue weighted by Gasteiger charge is 2.20. The number of rotatable bonds is 4. The molecule has 0 aliphatic carbocycles. The van der Waals surface area contributed by atoms with Crippen LogP contribution in [0.15, 0.2) is 11.6 Å². The van der Waals surface area contributed by atoms with Crippen LogP contribution in [0.5, 0.6) is 0 Å². The fraction of sp³-hybridized carbons (Fsp3) is 0.700. The number of esters is 1.